The van der Waals surface area contributed by atoms with E-state index in [-0.39, 0.29) is 5.76 Å². The summed E-state index contributed by atoms with van der Waals surface area (Å²) in [5.41, 5.74) is 7.76. The van der Waals surface area contributed by atoms with Crippen LogP contribution in [0.2, 0.25) is 5.02 Å². The van der Waals surface area contributed by atoms with Crippen LogP contribution in [0.25, 0.3) is 11.0 Å². The minimum Gasteiger partial charge on any atom is -0.451 e. The Bertz CT molecular complexity index is 1050. The summed E-state index contributed by atoms with van der Waals surface area (Å²) < 4.78 is 5.64. The fourth-order valence-corrected chi connectivity index (χ4v) is 3.69. The molecule has 1 fully saturated rings. The molecule has 2 heterocycles. The van der Waals surface area contributed by atoms with Gasteiger partial charge in [-0.15, -0.1) is 0 Å². The number of nitrogens with one attached hydrogen (secondary N) is 1. The van der Waals surface area contributed by atoms with Crippen molar-refractivity contribution in [3.05, 3.63) is 58.8 Å². The summed E-state index contributed by atoms with van der Waals surface area (Å²) in [6.07, 6.45) is 3.38. The lowest BCUT2D eigenvalue weighted by atomic mass is 10.1. The molecular formula is C21H20ClN3O3. The molecule has 2 amide bonds. The molecule has 0 aliphatic carbocycles. The first kappa shape index (κ1) is 18.4. The number of hydrogen-bond acceptors (Lipinski definition) is 4. The molecule has 28 heavy (non-hydrogen) atoms. The summed E-state index contributed by atoms with van der Waals surface area (Å²) in [5, 5.41) is 4.20. The van der Waals surface area contributed by atoms with E-state index in [1.54, 1.807) is 36.4 Å². The number of halogens is 1. The van der Waals surface area contributed by atoms with Gasteiger partial charge in [0.2, 0.25) is 5.91 Å². The number of furan rings is 1. The van der Waals surface area contributed by atoms with Crippen LogP contribution < -0.4 is 16.0 Å². The quantitative estimate of drug-likeness (QED) is 0.681. The zero-order valence-corrected chi connectivity index (χ0v) is 16.0. The third-order valence-corrected chi connectivity index (χ3v) is 5.16. The van der Waals surface area contributed by atoms with Crippen molar-refractivity contribution >= 4 is 45.8 Å². The molecule has 4 rings (SSSR count). The lowest BCUT2D eigenvalue weighted by Crippen LogP contribution is -2.30. The third-order valence-electron chi connectivity index (χ3n) is 4.93. The Kier molecular flexibility index (Phi) is 4.96. The van der Waals surface area contributed by atoms with E-state index in [9.17, 15) is 9.59 Å². The number of piperidine rings is 1. The number of carbonyl (C=O) groups excluding carboxylic acids is 2. The van der Waals surface area contributed by atoms with Gasteiger partial charge in [-0.05, 0) is 61.7 Å². The molecule has 7 heteroatoms. The predicted octanol–water partition coefficient (Wildman–Crippen LogP) is 4.43. The topological polar surface area (TPSA) is 88.6 Å². The van der Waals surface area contributed by atoms with Crippen molar-refractivity contribution in [2.24, 2.45) is 5.73 Å². The highest BCUT2D eigenvalue weighted by atomic mass is 35.5. The molecule has 1 aromatic heterocycles. The average Bonchev–Trinajstić information content (AvgIpc) is 3.12. The summed E-state index contributed by atoms with van der Waals surface area (Å²) in [7, 11) is 0. The Morgan fingerprint density at radius 3 is 2.57 bits per heavy atom. The molecule has 0 atom stereocenters. The molecule has 3 N–H and O–H groups in total. The third kappa shape index (κ3) is 3.68. The Labute approximate surface area is 167 Å². The molecule has 1 aliphatic rings. The second kappa shape index (κ2) is 7.56. The number of anilines is 2. The number of nitrogens with two attached hydrogens (primary N) is 1. The van der Waals surface area contributed by atoms with E-state index in [2.05, 4.69) is 10.2 Å². The van der Waals surface area contributed by atoms with E-state index in [0.29, 0.717) is 21.9 Å². The van der Waals surface area contributed by atoms with E-state index in [1.165, 1.54) is 6.42 Å². The van der Waals surface area contributed by atoms with Crippen LogP contribution in [0.5, 0.6) is 0 Å². The van der Waals surface area contributed by atoms with Gasteiger partial charge in [0.15, 0.2) is 5.76 Å². The van der Waals surface area contributed by atoms with Gasteiger partial charge in [-0.2, -0.15) is 0 Å². The largest absolute Gasteiger partial charge is 0.451 e. The highest BCUT2D eigenvalue weighted by Gasteiger charge is 2.19. The molecular weight excluding hydrogens is 378 g/mol. The van der Waals surface area contributed by atoms with Crippen molar-refractivity contribution in [3.8, 4) is 0 Å². The van der Waals surface area contributed by atoms with E-state index in [1.807, 2.05) is 6.07 Å². The average molecular weight is 398 g/mol. The van der Waals surface area contributed by atoms with Gasteiger partial charge in [-0.1, -0.05) is 11.6 Å². The van der Waals surface area contributed by atoms with Gasteiger partial charge >= 0.3 is 0 Å². The maximum atomic E-state index is 12.8. The Balaban J connectivity index is 1.66. The first-order valence-electron chi connectivity index (χ1n) is 9.20. The molecule has 0 unspecified atom stereocenters. The second-order valence-corrected chi connectivity index (χ2v) is 7.33. The number of primary amides is 1. The minimum atomic E-state index is -0.543. The number of rotatable bonds is 4. The normalized spacial score (nSPS) is 14.2. The molecule has 6 nitrogen and oxygen atoms in total. The van der Waals surface area contributed by atoms with Crippen molar-refractivity contribution < 1.29 is 14.0 Å². The Morgan fingerprint density at radius 2 is 1.82 bits per heavy atom. The summed E-state index contributed by atoms with van der Waals surface area (Å²) in [6.45, 7) is 1.81. The molecule has 0 bridgehead atoms. The van der Waals surface area contributed by atoms with Gasteiger partial charge in [0.1, 0.15) is 5.58 Å². The predicted molar refractivity (Wildman–Crippen MR) is 110 cm³/mol. The van der Waals surface area contributed by atoms with Crippen LogP contribution in [0.15, 0.2) is 46.9 Å². The summed E-state index contributed by atoms with van der Waals surface area (Å²) in [5.74, 6) is -0.766. The first-order chi connectivity index (χ1) is 13.5. The molecule has 2 aromatic carbocycles. The number of fused-ring (bicyclic) bond motifs is 1. The Hall–Kier alpha value is -2.99. The Morgan fingerprint density at radius 1 is 1.04 bits per heavy atom. The standard InChI is InChI=1S/C21H20ClN3O3/c22-15-5-7-18-14(10-15)12-19(28-18)21(27)24-16-11-13(20(23)26)4-6-17(16)25-8-2-1-3-9-25/h4-7,10-12H,1-3,8-9H2,(H2,23,26)(H,24,27). The van der Waals surface area contributed by atoms with Crippen LogP contribution in [0.3, 0.4) is 0 Å². The van der Waals surface area contributed by atoms with E-state index >= 15 is 0 Å². The molecule has 0 radical (unpaired) electrons. The number of nitrogens with zero attached hydrogens (tertiary/aromatic N) is 1. The molecule has 1 aliphatic heterocycles. The van der Waals surface area contributed by atoms with Gasteiger partial charge in [-0.3, -0.25) is 9.59 Å². The maximum absolute atomic E-state index is 12.8. The highest BCUT2D eigenvalue weighted by Crippen LogP contribution is 2.31. The monoisotopic (exact) mass is 397 g/mol. The van der Waals surface area contributed by atoms with Crippen LogP contribution in [0, 0.1) is 0 Å². The van der Waals surface area contributed by atoms with Gasteiger partial charge in [0.05, 0.1) is 11.4 Å². The van der Waals surface area contributed by atoms with Gasteiger partial charge in [0.25, 0.3) is 5.91 Å². The fourth-order valence-electron chi connectivity index (χ4n) is 3.51. The first-order valence-corrected chi connectivity index (χ1v) is 9.58. The molecule has 3 aromatic rings. The number of carbonyl (C=O) groups is 2. The molecule has 1 saturated heterocycles. The summed E-state index contributed by atoms with van der Waals surface area (Å²) in [6, 6.07) is 12.0. The lowest BCUT2D eigenvalue weighted by Gasteiger charge is -2.30. The fraction of sp³-hybridized carbons (Fsp3) is 0.238. The van der Waals surface area contributed by atoms with E-state index in [4.69, 9.17) is 21.8 Å². The van der Waals surface area contributed by atoms with Crippen molar-refractivity contribution in [2.75, 3.05) is 23.3 Å². The van der Waals surface area contributed by atoms with Crippen LogP contribution in [-0.4, -0.2) is 24.9 Å². The van der Waals surface area contributed by atoms with Crippen molar-refractivity contribution in [1.82, 2.24) is 0 Å². The van der Waals surface area contributed by atoms with Crippen LogP contribution in [0.1, 0.15) is 40.2 Å². The van der Waals surface area contributed by atoms with Gasteiger partial charge in [-0.25, -0.2) is 0 Å². The zero-order valence-electron chi connectivity index (χ0n) is 15.2. The molecule has 144 valence electrons. The summed E-state index contributed by atoms with van der Waals surface area (Å²) >= 11 is 6.00. The van der Waals surface area contributed by atoms with Gasteiger partial charge < -0.3 is 20.4 Å². The number of benzene rings is 2. The zero-order chi connectivity index (χ0) is 19.7. The molecule has 0 spiro atoms. The van der Waals surface area contributed by atoms with Crippen LogP contribution >= 0.6 is 11.6 Å². The van der Waals surface area contributed by atoms with Gasteiger partial charge in [0, 0.05) is 29.1 Å². The smallest absolute Gasteiger partial charge is 0.291 e. The SMILES string of the molecule is NC(=O)c1ccc(N2CCCCC2)c(NC(=O)c2cc3cc(Cl)ccc3o2)c1. The van der Waals surface area contributed by atoms with E-state index < -0.39 is 11.8 Å². The number of hydrogen-bond donors (Lipinski definition) is 2. The molecule has 0 saturated carbocycles. The highest BCUT2D eigenvalue weighted by molar-refractivity contribution is 6.31. The van der Waals surface area contributed by atoms with Crippen molar-refractivity contribution in [1.29, 1.82) is 0 Å². The van der Waals surface area contributed by atoms with Crippen molar-refractivity contribution in [2.45, 2.75) is 19.3 Å². The van der Waals surface area contributed by atoms with E-state index in [0.717, 1.165) is 37.0 Å². The minimum absolute atomic E-state index is 0.173. The van der Waals surface area contributed by atoms with Crippen LogP contribution in [0.4, 0.5) is 11.4 Å². The summed E-state index contributed by atoms with van der Waals surface area (Å²) in [4.78, 5) is 26.6. The maximum Gasteiger partial charge on any atom is 0.291 e. The second-order valence-electron chi connectivity index (χ2n) is 6.89. The van der Waals surface area contributed by atoms with Crippen LogP contribution in [-0.2, 0) is 0 Å². The van der Waals surface area contributed by atoms with Crippen molar-refractivity contribution in [3.63, 3.8) is 0 Å². The number of amides is 2. The lowest BCUT2D eigenvalue weighted by molar-refractivity contribution is 0.0989.